The molecule has 2 aromatic carbocycles. The lowest BCUT2D eigenvalue weighted by Crippen LogP contribution is -2.19. The van der Waals surface area contributed by atoms with E-state index in [-0.39, 0.29) is 0 Å². The van der Waals surface area contributed by atoms with Crippen LogP contribution in [0.2, 0.25) is 0 Å². The van der Waals surface area contributed by atoms with Crippen LogP contribution in [-0.2, 0) is 0 Å². The molecule has 2 aromatic heterocycles. The lowest BCUT2D eigenvalue weighted by molar-refractivity contribution is 0.739. The molecule has 0 aliphatic carbocycles. The van der Waals surface area contributed by atoms with E-state index in [1.807, 2.05) is 30.3 Å². The Kier molecular flexibility index (Phi) is 5.18. The van der Waals surface area contributed by atoms with E-state index in [2.05, 4.69) is 62.2 Å². The van der Waals surface area contributed by atoms with Crippen LogP contribution >= 0.6 is 0 Å². The number of fused-ring (bicyclic) bond motifs is 1. The molecular formula is C24H23BN6. The maximum atomic E-state index is 6.09. The molecule has 4 N–H and O–H groups in total. The first kappa shape index (κ1) is 19.4. The quantitative estimate of drug-likeness (QED) is 0.378. The zero-order chi connectivity index (χ0) is 21.2. The second-order valence-electron chi connectivity index (χ2n) is 7.76. The monoisotopic (exact) mass is 406 g/mol. The predicted molar refractivity (Wildman–Crippen MR) is 129 cm³/mol. The summed E-state index contributed by atoms with van der Waals surface area (Å²) >= 11 is 0. The van der Waals surface area contributed by atoms with Gasteiger partial charge in [-0.2, -0.15) is 4.98 Å². The number of nitrogens with zero attached hydrogens (tertiary/aromatic N) is 2. The number of aryl methyl sites for hydroxylation is 1. The summed E-state index contributed by atoms with van der Waals surface area (Å²) in [5, 5.41) is 11.1. The molecule has 7 heteroatoms. The molecule has 1 aliphatic rings. The van der Waals surface area contributed by atoms with E-state index in [0.29, 0.717) is 17.2 Å². The number of hydrogen-bond donors (Lipinski definition) is 4. The molecule has 31 heavy (non-hydrogen) atoms. The lowest BCUT2D eigenvalue weighted by atomic mass is 9.99. The SMILES string of the molecule is [B]c1cnc(Nc2ccc3[nH]cc(C4=CCNCC4)c3c2)nc1Nc1ccc(C)cc1. The Bertz CT molecular complexity index is 1260. The molecule has 3 heterocycles. The molecule has 5 rings (SSSR count). The van der Waals surface area contributed by atoms with Gasteiger partial charge in [0.05, 0.1) is 0 Å². The molecule has 1 aliphatic heterocycles. The van der Waals surface area contributed by atoms with Crippen molar-refractivity contribution in [2.45, 2.75) is 13.3 Å². The first-order valence-electron chi connectivity index (χ1n) is 10.4. The first-order chi connectivity index (χ1) is 15.2. The minimum absolute atomic E-state index is 0.487. The number of aromatic nitrogens is 3. The summed E-state index contributed by atoms with van der Waals surface area (Å²) in [7, 11) is 6.09. The Morgan fingerprint density at radius 2 is 1.87 bits per heavy atom. The van der Waals surface area contributed by atoms with Crippen molar-refractivity contribution in [2.75, 3.05) is 23.7 Å². The third kappa shape index (κ3) is 4.18. The van der Waals surface area contributed by atoms with E-state index < -0.39 is 0 Å². The Morgan fingerprint density at radius 1 is 1.03 bits per heavy atom. The van der Waals surface area contributed by atoms with Gasteiger partial charge in [0.15, 0.2) is 0 Å². The summed E-state index contributed by atoms with van der Waals surface area (Å²) in [5.74, 6) is 1.06. The van der Waals surface area contributed by atoms with Gasteiger partial charge in [-0.3, -0.25) is 0 Å². The molecule has 152 valence electrons. The number of aromatic amines is 1. The first-order valence-corrected chi connectivity index (χ1v) is 10.4. The van der Waals surface area contributed by atoms with Crippen molar-refractivity contribution < 1.29 is 0 Å². The molecule has 0 atom stereocenters. The summed E-state index contributed by atoms with van der Waals surface area (Å²) in [5.41, 5.74) is 7.27. The van der Waals surface area contributed by atoms with Gasteiger partial charge in [0.25, 0.3) is 0 Å². The van der Waals surface area contributed by atoms with E-state index in [4.69, 9.17) is 7.85 Å². The highest BCUT2D eigenvalue weighted by atomic mass is 15.1. The summed E-state index contributed by atoms with van der Waals surface area (Å²) in [6.45, 7) is 3.97. The van der Waals surface area contributed by atoms with Crippen LogP contribution in [0.15, 0.2) is 60.9 Å². The van der Waals surface area contributed by atoms with Gasteiger partial charge >= 0.3 is 0 Å². The molecule has 0 amide bonds. The predicted octanol–water partition coefficient (Wildman–Crippen LogP) is 3.92. The molecule has 4 aromatic rings. The molecule has 0 saturated carbocycles. The van der Waals surface area contributed by atoms with Crippen LogP contribution in [0.25, 0.3) is 16.5 Å². The smallest absolute Gasteiger partial charge is 0.229 e. The van der Waals surface area contributed by atoms with Gasteiger partial charge in [0.2, 0.25) is 5.95 Å². The third-order valence-corrected chi connectivity index (χ3v) is 5.48. The molecule has 0 saturated heterocycles. The lowest BCUT2D eigenvalue weighted by Gasteiger charge is -2.14. The van der Waals surface area contributed by atoms with Crippen LogP contribution in [0.1, 0.15) is 17.5 Å². The number of rotatable bonds is 5. The Hall–Kier alpha value is -3.58. The van der Waals surface area contributed by atoms with Crippen LogP contribution in [0, 0.1) is 6.92 Å². The van der Waals surface area contributed by atoms with E-state index in [1.165, 1.54) is 22.1 Å². The van der Waals surface area contributed by atoms with Gasteiger partial charge in [-0.25, -0.2) is 4.98 Å². The number of anilines is 4. The Morgan fingerprint density at radius 3 is 2.68 bits per heavy atom. The van der Waals surface area contributed by atoms with Gasteiger partial charge in [-0.15, -0.1) is 0 Å². The maximum Gasteiger partial charge on any atom is 0.229 e. The van der Waals surface area contributed by atoms with Gasteiger partial charge in [-0.1, -0.05) is 23.8 Å². The summed E-state index contributed by atoms with van der Waals surface area (Å²) in [6, 6.07) is 14.3. The minimum Gasteiger partial charge on any atom is -0.361 e. The van der Waals surface area contributed by atoms with E-state index >= 15 is 0 Å². The maximum absolute atomic E-state index is 6.09. The minimum atomic E-state index is 0.487. The highest BCUT2D eigenvalue weighted by molar-refractivity contribution is 6.35. The van der Waals surface area contributed by atoms with Crippen molar-refractivity contribution >= 4 is 52.9 Å². The average molecular weight is 406 g/mol. The van der Waals surface area contributed by atoms with Gasteiger partial charge < -0.3 is 20.9 Å². The largest absolute Gasteiger partial charge is 0.361 e. The molecule has 2 radical (unpaired) electrons. The van der Waals surface area contributed by atoms with E-state index in [1.54, 1.807) is 6.20 Å². The van der Waals surface area contributed by atoms with Crippen LogP contribution in [0.5, 0.6) is 0 Å². The number of benzene rings is 2. The number of nitrogens with one attached hydrogen (secondary N) is 4. The third-order valence-electron chi connectivity index (χ3n) is 5.48. The van der Waals surface area contributed by atoms with Crippen molar-refractivity contribution in [1.82, 2.24) is 20.3 Å². The fourth-order valence-corrected chi connectivity index (χ4v) is 3.79. The normalized spacial score (nSPS) is 13.8. The topological polar surface area (TPSA) is 77.7 Å². The van der Waals surface area contributed by atoms with Crippen molar-refractivity contribution in [3.8, 4) is 0 Å². The zero-order valence-corrected chi connectivity index (χ0v) is 17.4. The fraction of sp³-hybridized carbons (Fsp3) is 0.167. The van der Waals surface area contributed by atoms with Crippen molar-refractivity contribution in [3.05, 3.63) is 72.1 Å². The van der Waals surface area contributed by atoms with Crippen LogP contribution in [0.3, 0.4) is 0 Å². The van der Waals surface area contributed by atoms with Crippen molar-refractivity contribution in [3.63, 3.8) is 0 Å². The van der Waals surface area contributed by atoms with E-state index in [9.17, 15) is 0 Å². The summed E-state index contributed by atoms with van der Waals surface area (Å²) in [6.07, 6.45) is 7.00. The van der Waals surface area contributed by atoms with Gasteiger partial charge in [0.1, 0.15) is 13.7 Å². The second kappa shape index (κ2) is 8.28. The second-order valence-corrected chi connectivity index (χ2v) is 7.76. The van der Waals surface area contributed by atoms with Crippen LogP contribution < -0.4 is 21.4 Å². The average Bonchev–Trinajstić information content (AvgIpc) is 3.21. The number of hydrogen-bond acceptors (Lipinski definition) is 5. The molecule has 0 bridgehead atoms. The highest BCUT2D eigenvalue weighted by Gasteiger charge is 2.12. The molecular weight excluding hydrogens is 383 g/mol. The Labute approximate surface area is 182 Å². The van der Waals surface area contributed by atoms with Crippen molar-refractivity contribution in [2.24, 2.45) is 0 Å². The molecule has 0 fully saturated rings. The fourth-order valence-electron chi connectivity index (χ4n) is 3.79. The summed E-state index contributed by atoms with van der Waals surface area (Å²) in [4.78, 5) is 12.3. The Balaban J connectivity index is 1.41. The van der Waals surface area contributed by atoms with Gasteiger partial charge in [-0.05, 0) is 61.3 Å². The van der Waals surface area contributed by atoms with Crippen LogP contribution in [0.4, 0.5) is 23.1 Å². The zero-order valence-electron chi connectivity index (χ0n) is 17.4. The van der Waals surface area contributed by atoms with E-state index in [0.717, 1.165) is 36.4 Å². The number of H-pyrrole nitrogens is 1. The van der Waals surface area contributed by atoms with Crippen molar-refractivity contribution in [1.29, 1.82) is 0 Å². The molecule has 6 nitrogen and oxygen atoms in total. The summed E-state index contributed by atoms with van der Waals surface area (Å²) < 4.78 is 0. The van der Waals surface area contributed by atoms with Gasteiger partial charge in [0, 0.05) is 46.8 Å². The standard InChI is InChI=1S/C24H23BN6/c1-15-2-4-17(5-3-15)29-23-21(25)14-28-24(31-23)30-18-6-7-22-19(12-18)20(13-27-22)16-8-10-26-11-9-16/h2-8,12-14,26-27H,9-11H2,1H3,(H2,28,29,30,31). The molecule has 0 unspecified atom stereocenters. The van der Waals surface area contributed by atoms with Crippen LogP contribution in [-0.4, -0.2) is 35.9 Å². The highest BCUT2D eigenvalue weighted by Crippen LogP contribution is 2.30. The molecule has 0 spiro atoms.